The van der Waals surface area contributed by atoms with Crippen molar-refractivity contribution >= 4 is 17.4 Å². The second-order valence-corrected chi connectivity index (χ2v) is 7.37. The van der Waals surface area contributed by atoms with Crippen LogP contribution in [0.15, 0.2) is 16.6 Å². The van der Waals surface area contributed by atoms with Gasteiger partial charge in [-0.15, -0.1) is 0 Å². The summed E-state index contributed by atoms with van der Waals surface area (Å²) in [4.78, 5) is 4.31. The van der Waals surface area contributed by atoms with Gasteiger partial charge in [0, 0.05) is 0 Å². The zero-order chi connectivity index (χ0) is 15.2. The molecule has 0 radical (unpaired) electrons. The van der Waals surface area contributed by atoms with E-state index in [9.17, 15) is 10.2 Å². The average Bonchev–Trinajstić information content (AvgIpc) is 2.32. The van der Waals surface area contributed by atoms with Gasteiger partial charge in [0.15, 0.2) is 0 Å². The molecule has 1 fully saturated rings. The molecule has 0 aliphatic heterocycles. The first-order chi connectivity index (χ1) is 9.15. The first-order valence-electron chi connectivity index (χ1n) is 7.42. The molecule has 0 heterocycles. The normalized spacial score (nSPS) is 44.5. The van der Waals surface area contributed by atoms with E-state index in [4.69, 9.17) is 12.2 Å². The van der Waals surface area contributed by atoms with Gasteiger partial charge in [-0.05, 0) is 69.2 Å². The van der Waals surface area contributed by atoms with Crippen molar-refractivity contribution in [3.8, 4) is 0 Å². The summed E-state index contributed by atoms with van der Waals surface area (Å²) < 4.78 is 0. The Morgan fingerprint density at radius 3 is 2.50 bits per heavy atom. The Kier molecular flexibility index (Phi) is 3.98. The third-order valence-electron chi connectivity index (χ3n) is 5.27. The zero-order valence-corrected chi connectivity index (χ0v) is 13.6. The van der Waals surface area contributed by atoms with Crippen molar-refractivity contribution in [3.63, 3.8) is 0 Å². The summed E-state index contributed by atoms with van der Waals surface area (Å²) in [5.41, 5.74) is -1.52. The number of hydrogen-bond donors (Lipinski definition) is 2. The van der Waals surface area contributed by atoms with E-state index >= 15 is 0 Å². The number of thiocarbonyl (C=S) groups is 1. The van der Waals surface area contributed by atoms with E-state index in [1.54, 1.807) is 0 Å². The third kappa shape index (κ3) is 2.39. The van der Waals surface area contributed by atoms with Crippen LogP contribution in [0.5, 0.6) is 0 Å². The van der Waals surface area contributed by atoms with Gasteiger partial charge in [0.25, 0.3) is 0 Å². The maximum Gasteiger partial charge on any atom is 0.112 e. The minimum atomic E-state index is -1.01. The summed E-state index contributed by atoms with van der Waals surface area (Å²) in [6.07, 6.45) is 4.69. The van der Waals surface area contributed by atoms with Crippen LogP contribution in [0.1, 0.15) is 53.4 Å². The van der Waals surface area contributed by atoms with E-state index < -0.39 is 16.7 Å². The lowest BCUT2D eigenvalue weighted by molar-refractivity contribution is -0.0644. The fraction of sp³-hybridized carbons (Fsp3) is 0.812. The fourth-order valence-corrected chi connectivity index (χ4v) is 4.04. The lowest BCUT2D eigenvalue weighted by Crippen LogP contribution is -2.60. The van der Waals surface area contributed by atoms with Crippen LogP contribution >= 0.6 is 12.2 Å². The molecule has 0 saturated heterocycles. The topological polar surface area (TPSA) is 52.8 Å². The van der Waals surface area contributed by atoms with Crippen LogP contribution in [0.2, 0.25) is 0 Å². The van der Waals surface area contributed by atoms with E-state index in [-0.39, 0.29) is 0 Å². The molecule has 3 nitrogen and oxygen atoms in total. The molecular weight excluding hydrogens is 270 g/mol. The Balaban J connectivity index is 2.56. The summed E-state index contributed by atoms with van der Waals surface area (Å²) >= 11 is 4.78. The zero-order valence-electron chi connectivity index (χ0n) is 12.8. The number of aliphatic hydroxyl groups is 2. The SMILES string of the molecule is CC(C)[C@@H]1CC[C@@](C)(N=C=S)[C@]2(O)CC[C@@](C)(O)C=C12. The Bertz CT molecular complexity index is 479. The standard InChI is InChI=1S/C16H25NO2S/c1-11(2)12-5-6-15(4,17-10-20)16(19)8-7-14(3,18)9-13(12)16/h9,11-12,18-19H,5-8H2,1-4H3/t12-,14+,15+,16-/m0/s1. The summed E-state index contributed by atoms with van der Waals surface area (Å²) in [5, 5.41) is 24.2. The Morgan fingerprint density at radius 1 is 1.30 bits per heavy atom. The summed E-state index contributed by atoms with van der Waals surface area (Å²) in [6, 6.07) is 0. The maximum atomic E-state index is 11.3. The highest BCUT2D eigenvalue weighted by atomic mass is 32.1. The molecule has 0 amide bonds. The molecule has 2 aliphatic carbocycles. The Morgan fingerprint density at radius 2 is 1.95 bits per heavy atom. The molecule has 2 N–H and O–H groups in total. The lowest BCUT2D eigenvalue weighted by atomic mass is 9.56. The molecule has 20 heavy (non-hydrogen) atoms. The van der Waals surface area contributed by atoms with E-state index in [1.165, 1.54) is 0 Å². The molecule has 2 rings (SSSR count). The van der Waals surface area contributed by atoms with E-state index in [1.807, 2.05) is 19.9 Å². The van der Waals surface area contributed by atoms with Crippen molar-refractivity contribution in [2.24, 2.45) is 16.8 Å². The molecule has 0 bridgehead atoms. The second kappa shape index (κ2) is 5.03. The van der Waals surface area contributed by atoms with Gasteiger partial charge in [0.1, 0.15) is 11.1 Å². The molecule has 0 unspecified atom stereocenters. The monoisotopic (exact) mass is 295 g/mol. The predicted molar refractivity (Wildman–Crippen MR) is 83.9 cm³/mol. The molecule has 2 aliphatic rings. The smallest absolute Gasteiger partial charge is 0.112 e. The summed E-state index contributed by atoms with van der Waals surface area (Å²) in [7, 11) is 0. The lowest BCUT2D eigenvalue weighted by Gasteiger charge is -2.54. The molecule has 1 saturated carbocycles. The highest BCUT2D eigenvalue weighted by Crippen LogP contribution is 2.53. The molecular formula is C16H25NO2S. The minimum Gasteiger partial charge on any atom is -0.386 e. The van der Waals surface area contributed by atoms with Crippen LogP contribution in [0.25, 0.3) is 0 Å². The first-order valence-corrected chi connectivity index (χ1v) is 7.83. The van der Waals surface area contributed by atoms with Crippen molar-refractivity contribution in [2.45, 2.75) is 70.1 Å². The van der Waals surface area contributed by atoms with Crippen LogP contribution in [0.4, 0.5) is 0 Å². The molecule has 0 aromatic heterocycles. The molecule has 112 valence electrons. The van der Waals surface area contributed by atoms with Gasteiger partial charge in [-0.3, -0.25) is 0 Å². The number of isothiocyanates is 1. The number of fused-ring (bicyclic) bond motifs is 1. The van der Waals surface area contributed by atoms with Crippen molar-refractivity contribution in [3.05, 3.63) is 11.6 Å². The molecule has 0 aromatic carbocycles. The molecule has 0 spiro atoms. The highest BCUT2D eigenvalue weighted by molar-refractivity contribution is 7.78. The minimum absolute atomic E-state index is 0.292. The first kappa shape index (κ1) is 15.8. The van der Waals surface area contributed by atoms with Gasteiger partial charge >= 0.3 is 0 Å². The van der Waals surface area contributed by atoms with Gasteiger partial charge in [0.05, 0.1) is 10.8 Å². The van der Waals surface area contributed by atoms with Gasteiger partial charge in [0.2, 0.25) is 0 Å². The van der Waals surface area contributed by atoms with E-state index in [0.29, 0.717) is 24.7 Å². The largest absolute Gasteiger partial charge is 0.386 e. The summed E-state index contributed by atoms with van der Waals surface area (Å²) in [6.45, 7) is 8.10. The van der Waals surface area contributed by atoms with Crippen molar-refractivity contribution in [2.75, 3.05) is 0 Å². The van der Waals surface area contributed by atoms with Gasteiger partial charge in [-0.25, -0.2) is 4.99 Å². The number of rotatable bonds is 2. The number of nitrogens with zero attached hydrogens (tertiary/aromatic N) is 1. The summed E-state index contributed by atoms with van der Waals surface area (Å²) in [5.74, 6) is 0.725. The van der Waals surface area contributed by atoms with Crippen molar-refractivity contribution < 1.29 is 10.2 Å². The van der Waals surface area contributed by atoms with Crippen LogP contribution in [0.3, 0.4) is 0 Å². The second-order valence-electron chi connectivity index (χ2n) is 7.18. The number of aliphatic imine (C=N–C) groups is 1. The highest BCUT2D eigenvalue weighted by Gasteiger charge is 2.57. The van der Waals surface area contributed by atoms with Crippen molar-refractivity contribution in [1.29, 1.82) is 0 Å². The molecule has 4 heteroatoms. The Labute approximate surface area is 126 Å². The van der Waals surface area contributed by atoms with Crippen LogP contribution < -0.4 is 0 Å². The van der Waals surface area contributed by atoms with Crippen LogP contribution in [-0.2, 0) is 0 Å². The predicted octanol–water partition coefficient (Wildman–Crippen LogP) is 3.12. The van der Waals surface area contributed by atoms with E-state index in [0.717, 1.165) is 18.4 Å². The van der Waals surface area contributed by atoms with Crippen LogP contribution in [-0.4, -0.2) is 32.1 Å². The van der Waals surface area contributed by atoms with Crippen molar-refractivity contribution in [1.82, 2.24) is 0 Å². The molecule has 4 atom stereocenters. The average molecular weight is 295 g/mol. The quantitative estimate of drug-likeness (QED) is 0.467. The van der Waals surface area contributed by atoms with E-state index in [2.05, 4.69) is 24.0 Å². The van der Waals surface area contributed by atoms with Gasteiger partial charge < -0.3 is 10.2 Å². The Hall–Kier alpha value is -0.540. The van der Waals surface area contributed by atoms with Crippen LogP contribution in [0, 0.1) is 11.8 Å². The maximum absolute atomic E-state index is 11.3. The fourth-order valence-electron chi connectivity index (χ4n) is 3.84. The molecule has 0 aromatic rings. The number of hydrogen-bond acceptors (Lipinski definition) is 4. The van der Waals surface area contributed by atoms with Gasteiger partial charge in [-0.2, -0.15) is 0 Å². The third-order valence-corrected chi connectivity index (χ3v) is 5.36. The van der Waals surface area contributed by atoms with Gasteiger partial charge in [-0.1, -0.05) is 19.9 Å².